The molecular formula is C22H32N2O6. The van der Waals surface area contributed by atoms with Gasteiger partial charge < -0.3 is 24.7 Å². The minimum atomic E-state index is -1.13. The zero-order chi connectivity index (χ0) is 21.6. The van der Waals surface area contributed by atoms with Gasteiger partial charge in [0.05, 0.1) is 30.6 Å². The molecule has 1 spiro atoms. The number of aliphatic carboxylic acids is 1. The number of aliphatic hydroxyl groups is 1. The molecule has 2 amide bonds. The molecule has 4 fully saturated rings. The molecule has 1 saturated carbocycles. The third-order valence-electron chi connectivity index (χ3n) is 7.62. The second-order valence-electron chi connectivity index (χ2n) is 9.24. The Balaban J connectivity index is 1.74. The standard InChI is InChI=1S/C22H32N2O6/c1-3-11-23(14-7-5-4-6-8-14)20(27)18-22-10-9-15(30-22)16(21(28)29)17(22)19(26)24(18)13(2)12-25/h3,13-18,25H,1,4-12H2,2H3,(H,28,29)/t13-,15+,16-,17-,18+,22-/m1/s1. The summed E-state index contributed by atoms with van der Waals surface area (Å²) in [7, 11) is 0. The van der Waals surface area contributed by atoms with Gasteiger partial charge in [0.15, 0.2) is 0 Å². The lowest BCUT2D eigenvalue weighted by atomic mass is 9.70. The zero-order valence-corrected chi connectivity index (χ0v) is 17.5. The van der Waals surface area contributed by atoms with Gasteiger partial charge in [0.25, 0.3) is 0 Å². The Morgan fingerprint density at radius 2 is 2.03 bits per heavy atom. The van der Waals surface area contributed by atoms with Crippen LogP contribution in [-0.4, -0.2) is 80.8 Å². The van der Waals surface area contributed by atoms with E-state index >= 15 is 0 Å². The first kappa shape index (κ1) is 21.3. The van der Waals surface area contributed by atoms with E-state index in [0.29, 0.717) is 19.4 Å². The summed E-state index contributed by atoms with van der Waals surface area (Å²) in [5.41, 5.74) is -1.13. The molecule has 4 aliphatic rings. The monoisotopic (exact) mass is 420 g/mol. The van der Waals surface area contributed by atoms with Crippen LogP contribution in [0.25, 0.3) is 0 Å². The van der Waals surface area contributed by atoms with Crippen LogP contribution in [0.5, 0.6) is 0 Å². The van der Waals surface area contributed by atoms with Crippen molar-refractivity contribution in [3.63, 3.8) is 0 Å². The SMILES string of the molecule is C=CCN(C(=O)[C@@H]1N([C@H](C)CO)C(=O)[C@H]2[C@H](C(=O)O)[C@@H]3CC[C@]12O3)C1CCCCC1. The Bertz CT molecular complexity index is 735. The Labute approximate surface area is 176 Å². The van der Waals surface area contributed by atoms with Crippen molar-refractivity contribution >= 4 is 17.8 Å². The second kappa shape index (κ2) is 7.96. The van der Waals surface area contributed by atoms with Gasteiger partial charge in [-0.05, 0) is 32.6 Å². The van der Waals surface area contributed by atoms with Crippen molar-refractivity contribution < 1.29 is 29.3 Å². The predicted octanol–water partition coefficient (Wildman–Crippen LogP) is 1.17. The molecule has 2 N–H and O–H groups in total. The molecular weight excluding hydrogens is 388 g/mol. The fourth-order valence-electron chi connectivity index (χ4n) is 6.32. The molecule has 0 unspecified atom stereocenters. The summed E-state index contributed by atoms with van der Waals surface area (Å²) in [6.07, 6.45) is 7.25. The molecule has 3 aliphatic heterocycles. The molecule has 4 rings (SSSR count). The highest BCUT2D eigenvalue weighted by molar-refractivity contribution is 5.98. The predicted molar refractivity (Wildman–Crippen MR) is 107 cm³/mol. The average Bonchev–Trinajstić information content (AvgIpc) is 3.39. The highest BCUT2D eigenvalue weighted by Crippen LogP contribution is 2.59. The van der Waals surface area contributed by atoms with Crippen LogP contribution in [0.4, 0.5) is 0 Å². The lowest BCUT2D eigenvalue weighted by Crippen LogP contribution is -2.60. The Morgan fingerprint density at radius 3 is 2.63 bits per heavy atom. The molecule has 6 atom stereocenters. The minimum Gasteiger partial charge on any atom is -0.481 e. The van der Waals surface area contributed by atoms with Crippen LogP contribution in [0.3, 0.4) is 0 Å². The highest BCUT2D eigenvalue weighted by atomic mass is 16.5. The summed E-state index contributed by atoms with van der Waals surface area (Å²) in [6.45, 7) is 5.58. The number of nitrogens with zero attached hydrogens (tertiary/aromatic N) is 2. The van der Waals surface area contributed by atoms with E-state index in [1.165, 1.54) is 4.90 Å². The molecule has 2 bridgehead atoms. The van der Waals surface area contributed by atoms with Gasteiger partial charge in [0.2, 0.25) is 11.8 Å². The quantitative estimate of drug-likeness (QED) is 0.599. The average molecular weight is 421 g/mol. The maximum atomic E-state index is 14.0. The topological polar surface area (TPSA) is 107 Å². The maximum absolute atomic E-state index is 14.0. The number of carbonyl (C=O) groups excluding carboxylic acids is 2. The third kappa shape index (κ3) is 2.99. The van der Waals surface area contributed by atoms with E-state index in [9.17, 15) is 24.6 Å². The first-order chi connectivity index (χ1) is 14.4. The van der Waals surface area contributed by atoms with Gasteiger partial charge in [-0.3, -0.25) is 14.4 Å². The number of carboxylic acid groups (broad SMARTS) is 1. The number of carbonyl (C=O) groups is 3. The Morgan fingerprint density at radius 1 is 1.33 bits per heavy atom. The Hall–Kier alpha value is -1.93. The number of hydrogen-bond donors (Lipinski definition) is 2. The van der Waals surface area contributed by atoms with E-state index < -0.39 is 41.6 Å². The largest absolute Gasteiger partial charge is 0.481 e. The van der Waals surface area contributed by atoms with Gasteiger partial charge in [-0.1, -0.05) is 25.3 Å². The van der Waals surface area contributed by atoms with E-state index in [1.807, 2.05) is 4.90 Å². The summed E-state index contributed by atoms with van der Waals surface area (Å²) >= 11 is 0. The molecule has 8 nitrogen and oxygen atoms in total. The van der Waals surface area contributed by atoms with Crippen LogP contribution in [0.1, 0.15) is 51.9 Å². The molecule has 0 aromatic carbocycles. The van der Waals surface area contributed by atoms with Gasteiger partial charge in [0.1, 0.15) is 11.6 Å². The molecule has 0 aromatic heterocycles. The molecule has 166 valence electrons. The van der Waals surface area contributed by atoms with Gasteiger partial charge in [-0.2, -0.15) is 0 Å². The molecule has 3 heterocycles. The van der Waals surface area contributed by atoms with E-state index in [4.69, 9.17) is 4.74 Å². The number of hydrogen-bond acceptors (Lipinski definition) is 5. The fourth-order valence-corrected chi connectivity index (χ4v) is 6.32. The van der Waals surface area contributed by atoms with E-state index in [2.05, 4.69) is 6.58 Å². The van der Waals surface area contributed by atoms with E-state index in [1.54, 1.807) is 13.0 Å². The normalized spacial score (nSPS) is 36.6. The summed E-state index contributed by atoms with van der Waals surface area (Å²) in [5, 5.41) is 19.6. The number of aliphatic hydroxyl groups excluding tert-OH is 1. The summed E-state index contributed by atoms with van der Waals surface area (Å²) in [5.74, 6) is -3.47. The first-order valence-electron chi connectivity index (χ1n) is 11.1. The molecule has 8 heteroatoms. The van der Waals surface area contributed by atoms with Gasteiger partial charge >= 0.3 is 5.97 Å². The molecule has 3 saturated heterocycles. The van der Waals surface area contributed by atoms with Crippen LogP contribution in [0, 0.1) is 11.8 Å². The number of amides is 2. The fraction of sp³-hybridized carbons (Fsp3) is 0.773. The van der Waals surface area contributed by atoms with Crippen molar-refractivity contribution in [2.24, 2.45) is 11.8 Å². The third-order valence-corrected chi connectivity index (χ3v) is 7.62. The van der Waals surface area contributed by atoms with Crippen LogP contribution < -0.4 is 0 Å². The zero-order valence-electron chi connectivity index (χ0n) is 17.5. The minimum absolute atomic E-state index is 0.0787. The van der Waals surface area contributed by atoms with Crippen molar-refractivity contribution in [2.75, 3.05) is 13.2 Å². The smallest absolute Gasteiger partial charge is 0.310 e. The van der Waals surface area contributed by atoms with Gasteiger partial charge in [-0.15, -0.1) is 6.58 Å². The first-order valence-corrected chi connectivity index (χ1v) is 11.1. The number of ether oxygens (including phenoxy) is 1. The van der Waals surface area contributed by atoms with Crippen molar-refractivity contribution in [3.05, 3.63) is 12.7 Å². The van der Waals surface area contributed by atoms with Crippen LogP contribution in [-0.2, 0) is 19.1 Å². The van der Waals surface area contributed by atoms with E-state index in [-0.39, 0.29) is 24.5 Å². The Kier molecular flexibility index (Phi) is 5.66. The van der Waals surface area contributed by atoms with Gasteiger partial charge in [-0.25, -0.2) is 0 Å². The molecule has 0 radical (unpaired) electrons. The second-order valence-corrected chi connectivity index (χ2v) is 9.24. The molecule has 30 heavy (non-hydrogen) atoms. The van der Waals surface area contributed by atoms with Crippen LogP contribution in [0.15, 0.2) is 12.7 Å². The van der Waals surface area contributed by atoms with Crippen LogP contribution in [0.2, 0.25) is 0 Å². The van der Waals surface area contributed by atoms with Crippen molar-refractivity contribution in [2.45, 2.75) is 81.7 Å². The summed E-state index contributed by atoms with van der Waals surface area (Å²) in [4.78, 5) is 42.6. The lowest BCUT2D eigenvalue weighted by molar-refractivity contribution is -0.154. The molecule has 1 aliphatic carbocycles. The van der Waals surface area contributed by atoms with Crippen LogP contribution >= 0.6 is 0 Å². The number of rotatable bonds is 7. The summed E-state index contributed by atoms with van der Waals surface area (Å²) < 4.78 is 6.20. The number of likely N-dealkylation sites (tertiary alicyclic amines) is 1. The van der Waals surface area contributed by atoms with Crippen molar-refractivity contribution in [1.82, 2.24) is 9.80 Å². The number of carboxylic acids is 1. The highest BCUT2D eigenvalue weighted by Gasteiger charge is 2.75. The van der Waals surface area contributed by atoms with Gasteiger partial charge in [0, 0.05) is 12.6 Å². The maximum Gasteiger partial charge on any atom is 0.310 e. The number of fused-ring (bicyclic) bond motifs is 1. The van der Waals surface area contributed by atoms with Crippen molar-refractivity contribution in [1.29, 1.82) is 0 Å². The lowest BCUT2D eigenvalue weighted by Gasteiger charge is -2.41. The van der Waals surface area contributed by atoms with E-state index in [0.717, 1.165) is 32.1 Å². The van der Waals surface area contributed by atoms with Crippen molar-refractivity contribution in [3.8, 4) is 0 Å². The summed E-state index contributed by atoms with van der Waals surface area (Å²) in [6, 6.07) is -1.43. The molecule has 0 aromatic rings.